The molecule has 21 heavy (non-hydrogen) atoms. The smallest absolute Gasteiger partial charge is 0.244 e. The molecular formula is C14H20N6O. The van der Waals surface area contributed by atoms with Crippen molar-refractivity contribution in [3.63, 3.8) is 0 Å². The van der Waals surface area contributed by atoms with E-state index in [1.54, 1.807) is 10.9 Å². The zero-order valence-corrected chi connectivity index (χ0v) is 12.4. The molecule has 7 heteroatoms. The maximum Gasteiger partial charge on any atom is 0.244 e. The first-order valence-corrected chi connectivity index (χ1v) is 7.35. The van der Waals surface area contributed by atoms with Gasteiger partial charge in [0.05, 0.1) is 11.6 Å². The fraction of sp³-hybridized carbons (Fsp3) is 0.571. The first-order valence-electron chi connectivity index (χ1n) is 7.35. The molecule has 0 spiro atoms. The lowest BCUT2D eigenvalue weighted by Crippen LogP contribution is -2.44. The van der Waals surface area contributed by atoms with E-state index in [-0.39, 0.29) is 11.9 Å². The molecule has 1 fully saturated rings. The number of hydrogen-bond donors (Lipinski definition) is 1. The van der Waals surface area contributed by atoms with Gasteiger partial charge in [-0.3, -0.25) is 9.48 Å². The van der Waals surface area contributed by atoms with Gasteiger partial charge in [0.15, 0.2) is 5.65 Å². The van der Waals surface area contributed by atoms with Gasteiger partial charge in [0, 0.05) is 20.1 Å². The maximum absolute atomic E-state index is 12.4. The van der Waals surface area contributed by atoms with Crippen molar-refractivity contribution in [1.82, 2.24) is 24.6 Å². The van der Waals surface area contributed by atoms with E-state index in [0.29, 0.717) is 5.82 Å². The summed E-state index contributed by atoms with van der Waals surface area (Å²) >= 11 is 0. The summed E-state index contributed by atoms with van der Waals surface area (Å²) in [4.78, 5) is 22.8. The van der Waals surface area contributed by atoms with Gasteiger partial charge in [-0.25, -0.2) is 9.97 Å². The number of likely N-dealkylation sites (tertiary alicyclic amines) is 1. The van der Waals surface area contributed by atoms with E-state index in [2.05, 4.69) is 20.4 Å². The van der Waals surface area contributed by atoms with Crippen LogP contribution < -0.4 is 5.32 Å². The first kappa shape index (κ1) is 13.8. The molecule has 1 aliphatic rings. The van der Waals surface area contributed by atoms with Crippen molar-refractivity contribution in [3.8, 4) is 0 Å². The highest BCUT2D eigenvalue weighted by Gasteiger charge is 2.23. The molecule has 1 aliphatic heterocycles. The topological polar surface area (TPSA) is 75.9 Å². The van der Waals surface area contributed by atoms with Gasteiger partial charge < -0.3 is 10.2 Å². The monoisotopic (exact) mass is 288 g/mol. The van der Waals surface area contributed by atoms with Crippen LogP contribution in [0.1, 0.15) is 26.2 Å². The van der Waals surface area contributed by atoms with E-state index in [1.165, 1.54) is 12.7 Å². The summed E-state index contributed by atoms with van der Waals surface area (Å²) in [6.07, 6.45) is 6.62. The zero-order chi connectivity index (χ0) is 14.8. The molecule has 0 aromatic carbocycles. The second-order valence-electron chi connectivity index (χ2n) is 5.48. The summed E-state index contributed by atoms with van der Waals surface area (Å²) in [6, 6.07) is -0.304. The number of aromatic nitrogens is 4. The van der Waals surface area contributed by atoms with Crippen LogP contribution in [-0.2, 0) is 11.8 Å². The van der Waals surface area contributed by atoms with Gasteiger partial charge >= 0.3 is 0 Å². The molecular weight excluding hydrogens is 268 g/mol. The lowest BCUT2D eigenvalue weighted by atomic mass is 10.1. The fourth-order valence-corrected chi connectivity index (χ4v) is 2.73. The zero-order valence-electron chi connectivity index (χ0n) is 12.4. The molecule has 0 unspecified atom stereocenters. The largest absolute Gasteiger partial charge is 0.358 e. The van der Waals surface area contributed by atoms with Crippen molar-refractivity contribution >= 4 is 22.8 Å². The lowest BCUT2D eigenvalue weighted by molar-refractivity contribution is -0.132. The van der Waals surface area contributed by atoms with Crippen LogP contribution in [0.25, 0.3) is 11.0 Å². The van der Waals surface area contributed by atoms with Crippen LogP contribution in [0.2, 0.25) is 0 Å². The second kappa shape index (κ2) is 5.67. The van der Waals surface area contributed by atoms with Crippen molar-refractivity contribution in [3.05, 3.63) is 12.5 Å². The summed E-state index contributed by atoms with van der Waals surface area (Å²) in [5, 5.41) is 8.21. The van der Waals surface area contributed by atoms with Gasteiger partial charge in [-0.05, 0) is 26.2 Å². The number of piperidine rings is 1. The van der Waals surface area contributed by atoms with Gasteiger partial charge in [0.1, 0.15) is 18.2 Å². The van der Waals surface area contributed by atoms with Crippen molar-refractivity contribution in [2.24, 2.45) is 7.05 Å². The molecule has 2 aromatic heterocycles. The molecule has 0 aliphatic carbocycles. The van der Waals surface area contributed by atoms with Crippen LogP contribution in [0.5, 0.6) is 0 Å². The van der Waals surface area contributed by atoms with E-state index in [9.17, 15) is 4.79 Å². The third-order valence-corrected chi connectivity index (χ3v) is 3.92. The van der Waals surface area contributed by atoms with Crippen molar-refractivity contribution in [2.75, 3.05) is 18.4 Å². The molecule has 7 nitrogen and oxygen atoms in total. The van der Waals surface area contributed by atoms with Crippen molar-refractivity contribution in [2.45, 2.75) is 32.2 Å². The third-order valence-electron chi connectivity index (χ3n) is 3.92. The Kier molecular flexibility index (Phi) is 3.72. The maximum atomic E-state index is 12.4. The normalized spacial score (nSPS) is 17.0. The minimum atomic E-state index is -0.304. The number of nitrogens with zero attached hydrogens (tertiary/aromatic N) is 5. The molecule has 3 rings (SSSR count). The number of nitrogens with one attached hydrogen (secondary N) is 1. The number of fused-ring (bicyclic) bond motifs is 1. The quantitative estimate of drug-likeness (QED) is 0.917. The Morgan fingerprint density at radius 3 is 2.81 bits per heavy atom. The molecule has 1 amide bonds. The van der Waals surface area contributed by atoms with Crippen LogP contribution >= 0.6 is 0 Å². The number of aryl methyl sites for hydroxylation is 1. The van der Waals surface area contributed by atoms with Gasteiger partial charge in [0.2, 0.25) is 5.91 Å². The van der Waals surface area contributed by atoms with Gasteiger partial charge in [0.25, 0.3) is 0 Å². The van der Waals surface area contributed by atoms with Gasteiger partial charge in [-0.15, -0.1) is 0 Å². The molecule has 112 valence electrons. The minimum absolute atomic E-state index is 0.130. The highest BCUT2D eigenvalue weighted by atomic mass is 16.2. The van der Waals surface area contributed by atoms with Crippen molar-refractivity contribution in [1.29, 1.82) is 0 Å². The Labute approximate surface area is 123 Å². The summed E-state index contributed by atoms with van der Waals surface area (Å²) in [5.74, 6) is 0.788. The molecule has 0 bridgehead atoms. The van der Waals surface area contributed by atoms with E-state index in [1.807, 2.05) is 18.9 Å². The molecule has 1 atom stereocenters. The standard InChI is InChI=1S/C14H20N6O/c1-10(14(21)20-6-4-3-5-7-20)18-12-11-8-17-19(2)13(11)16-9-15-12/h8-10H,3-7H2,1-2H3,(H,15,16,18)/t10-/m1/s1. The van der Waals surface area contributed by atoms with Crippen LogP contribution in [0.3, 0.4) is 0 Å². The highest BCUT2D eigenvalue weighted by Crippen LogP contribution is 2.19. The molecule has 0 saturated carbocycles. The molecule has 2 aromatic rings. The summed E-state index contributed by atoms with van der Waals surface area (Å²) < 4.78 is 1.69. The second-order valence-corrected chi connectivity index (χ2v) is 5.48. The lowest BCUT2D eigenvalue weighted by Gasteiger charge is -2.29. The van der Waals surface area contributed by atoms with Crippen LogP contribution in [0, 0.1) is 0 Å². The number of carbonyl (C=O) groups excluding carboxylic acids is 1. The average molecular weight is 288 g/mol. The number of hydrogen-bond acceptors (Lipinski definition) is 5. The number of anilines is 1. The Hall–Kier alpha value is -2.18. The average Bonchev–Trinajstić information content (AvgIpc) is 2.90. The molecule has 0 radical (unpaired) electrons. The van der Waals surface area contributed by atoms with Crippen LogP contribution in [-0.4, -0.2) is 49.7 Å². The predicted octanol–water partition coefficient (Wildman–Crippen LogP) is 1.18. The molecule has 1 N–H and O–H groups in total. The predicted molar refractivity (Wildman–Crippen MR) is 79.8 cm³/mol. The van der Waals surface area contributed by atoms with Gasteiger partial charge in [-0.1, -0.05) is 0 Å². The first-order chi connectivity index (χ1) is 10.2. The van der Waals surface area contributed by atoms with E-state index >= 15 is 0 Å². The Morgan fingerprint density at radius 2 is 2.05 bits per heavy atom. The van der Waals surface area contributed by atoms with E-state index < -0.39 is 0 Å². The fourth-order valence-electron chi connectivity index (χ4n) is 2.73. The summed E-state index contributed by atoms with van der Waals surface area (Å²) in [7, 11) is 1.83. The van der Waals surface area contributed by atoms with Crippen molar-refractivity contribution < 1.29 is 4.79 Å². The number of carbonyl (C=O) groups is 1. The van der Waals surface area contributed by atoms with E-state index in [0.717, 1.165) is 37.0 Å². The van der Waals surface area contributed by atoms with Crippen LogP contribution in [0.4, 0.5) is 5.82 Å². The SMILES string of the molecule is C[C@@H](Nc1ncnc2c1cnn2C)C(=O)N1CCCCC1. The molecule has 3 heterocycles. The van der Waals surface area contributed by atoms with Crippen LogP contribution in [0.15, 0.2) is 12.5 Å². The summed E-state index contributed by atoms with van der Waals surface area (Å²) in [6.45, 7) is 3.59. The number of rotatable bonds is 3. The Bertz CT molecular complexity index is 646. The summed E-state index contributed by atoms with van der Waals surface area (Å²) in [5.41, 5.74) is 0.755. The van der Waals surface area contributed by atoms with Gasteiger partial charge in [-0.2, -0.15) is 5.10 Å². The Morgan fingerprint density at radius 1 is 1.29 bits per heavy atom. The van der Waals surface area contributed by atoms with E-state index in [4.69, 9.17) is 0 Å². The molecule has 1 saturated heterocycles. The Balaban J connectivity index is 1.76. The third kappa shape index (κ3) is 2.68. The highest BCUT2D eigenvalue weighted by molar-refractivity contribution is 5.90. The number of amides is 1. The minimum Gasteiger partial charge on any atom is -0.358 e.